The Morgan fingerprint density at radius 1 is 0.604 bits per heavy atom. The van der Waals surface area contributed by atoms with Gasteiger partial charge in [-0.2, -0.15) is 0 Å². The van der Waals surface area contributed by atoms with Gasteiger partial charge < -0.3 is 23.8 Å². The molecular weight excluding hydrogens is 666 g/mol. The standard InChI is InChI=1S/C45H77NO7/c1-6-8-10-12-14-16-18-20-22-24-25-27-29-31-33-35-43(47)52-40-41(39-51-38-37-42(45(49)50)46(3,4)5)53-44(48)36-34-32-30-28-26-23-21-19-17-15-13-11-9-7-2/h9,11,14-18,20-21,23,41-42H,6-8,10,12-13,19,22,24-40H2,1-5H3/p+1/b11-9+,16-14+,17-15+,20-18+,23-21+. The van der Waals surface area contributed by atoms with E-state index in [4.69, 9.17) is 14.2 Å². The molecule has 8 heteroatoms. The average molecular weight is 745 g/mol. The van der Waals surface area contributed by atoms with Crippen molar-refractivity contribution in [2.45, 2.75) is 167 Å². The summed E-state index contributed by atoms with van der Waals surface area (Å²) in [5.74, 6) is -1.52. The molecule has 0 saturated carbocycles. The molecule has 0 aliphatic heterocycles. The molecule has 2 atom stereocenters. The highest BCUT2D eigenvalue weighted by Crippen LogP contribution is 2.13. The molecule has 0 radical (unpaired) electrons. The van der Waals surface area contributed by atoms with Crippen molar-refractivity contribution >= 4 is 17.9 Å². The second-order valence-corrected chi connectivity index (χ2v) is 14.9. The van der Waals surface area contributed by atoms with Crippen molar-refractivity contribution < 1.29 is 38.2 Å². The van der Waals surface area contributed by atoms with Crippen LogP contribution in [0.2, 0.25) is 0 Å². The van der Waals surface area contributed by atoms with Crippen LogP contribution in [0.3, 0.4) is 0 Å². The fourth-order valence-electron chi connectivity index (χ4n) is 5.68. The minimum absolute atomic E-state index is 0.0455. The molecule has 0 heterocycles. The highest BCUT2D eigenvalue weighted by Gasteiger charge is 2.31. The second kappa shape index (κ2) is 36.0. The van der Waals surface area contributed by atoms with Gasteiger partial charge in [0, 0.05) is 19.3 Å². The Morgan fingerprint density at radius 3 is 1.68 bits per heavy atom. The Balaban J connectivity index is 4.44. The molecule has 8 nitrogen and oxygen atoms in total. The van der Waals surface area contributed by atoms with Crippen molar-refractivity contribution in [3.8, 4) is 0 Å². The maximum atomic E-state index is 12.7. The fraction of sp³-hybridized carbons (Fsp3) is 0.711. The van der Waals surface area contributed by atoms with Crippen molar-refractivity contribution in [3.63, 3.8) is 0 Å². The number of esters is 2. The van der Waals surface area contributed by atoms with Gasteiger partial charge in [-0.1, -0.05) is 126 Å². The van der Waals surface area contributed by atoms with Crippen LogP contribution in [-0.2, 0) is 28.6 Å². The predicted octanol–water partition coefficient (Wildman–Crippen LogP) is 11.0. The third-order valence-electron chi connectivity index (χ3n) is 8.93. The van der Waals surface area contributed by atoms with Gasteiger partial charge in [-0.25, -0.2) is 4.79 Å². The molecule has 0 rings (SSSR count). The second-order valence-electron chi connectivity index (χ2n) is 14.9. The van der Waals surface area contributed by atoms with Gasteiger partial charge >= 0.3 is 17.9 Å². The number of quaternary nitrogens is 1. The lowest BCUT2D eigenvalue weighted by molar-refractivity contribution is -0.887. The number of carbonyl (C=O) groups is 3. The maximum absolute atomic E-state index is 12.7. The zero-order valence-electron chi connectivity index (χ0n) is 34.4. The largest absolute Gasteiger partial charge is 0.477 e. The molecule has 0 spiro atoms. The van der Waals surface area contributed by atoms with Gasteiger partial charge in [0.05, 0.1) is 34.4 Å². The first-order chi connectivity index (χ1) is 25.6. The van der Waals surface area contributed by atoms with E-state index in [-0.39, 0.29) is 36.2 Å². The maximum Gasteiger partial charge on any atom is 0.362 e. The van der Waals surface area contributed by atoms with Crippen molar-refractivity contribution in [3.05, 3.63) is 60.8 Å². The number of carboxylic acid groups (broad SMARTS) is 1. The number of hydrogen-bond donors (Lipinski definition) is 1. The number of unbranched alkanes of at least 4 members (excludes halogenated alkanes) is 13. The number of allylic oxidation sites excluding steroid dienone is 10. The van der Waals surface area contributed by atoms with E-state index in [1.165, 1.54) is 32.1 Å². The van der Waals surface area contributed by atoms with Crippen molar-refractivity contribution in [1.29, 1.82) is 0 Å². The van der Waals surface area contributed by atoms with Crippen LogP contribution in [0.15, 0.2) is 60.8 Å². The van der Waals surface area contributed by atoms with Gasteiger partial charge in [0.1, 0.15) is 6.61 Å². The van der Waals surface area contributed by atoms with E-state index < -0.39 is 18.1 Å². The molecule has 0 saturated heterocycles. The van der Waals surface area contributed by atoms with Gasteiger partial charge in [-0.15, -0.1) is 0 Å². The van der Waals surface area contributed by atoms with E-state index in [0.29, 0.717) is 19.3 Å². The fourth-order valence-corrected chi connectivity index (χ4v) is 5.68. The number of carboxylic acids is 1. The Labute approximate surface area is 324 Å². The van der Waals surface area contributed by atoms with E-state index in [9.17, 15) is 19.5 Å². The molecule has 304 valence electrons. The minimum Gasteiger partial charge on any atom is -0.477 e. The molecule has 0 aliphatic carbocycles. The SMILES string of the molecule is CC/C=C/C/C=C/C/C=C/CCCCCCC(=O)OC(COCCC(C(=O)O)[N+](C)(C)C)COC(=O)CCCCCCCC/C=C/C=C/CCCCC. The topological polar surface area (TPSA) is 99.1 Å². The third kappa shape index (κ3) is 34.5. The third-order valence-corrected chi connectivity index (χ3v) is 8.93. The molecule has 1 N–H and O–H groups in total. The molecule has 0 bridgehead atoms. The van der Waals surface area contributed by atoms with Crippen molar-refractivity contribution in [2.24, 2.45) is 0 Å². The van der Waals surface area contributed by atoms with Crippen LogP contribution in [0.4, 0.5) is 0 Å². The van der Waals surface area contributed by atoms with E-state index in [1.54, 1.807) is 0 Å². The molecule has 0 amide bonds. The Hall–Kier alpha value is -2.97. The van der Waals surface area contributed by atoms with Crippen LogP contribution in [-0.4, -0.2) is 80.6 Å². The monoisotopic (exact) mass is 745 g/mol. The Kier molecular flexibility index (Phi) is 34.0. The van der Waals surface area contributed by atoms with Gasteiger partial charge in [-0.05, 0) is 70.6 Å². The lowest BCUT2D eigenvalue weighted by Crippen LogP contribution is -2.50. The first kappa shape index (κ1) is 50.0. The zero-order valence-corrected chi connectivity index (χ0v) is 34.4. The van der Waals surface area contributed by atoms with E-state index in [0.717, 1.165) is 89.9 Å². The number of hydrogen-bond acceptors (Lipinski definition) is 6. The van der Waals surface area contributed by atoms with Crippen LogP contribution in [0.5, 0.6) is 0 Å². The summed E-state index contributed by atoms with van der Waals surface area (Å²) in [6.07, 6.45) is 42.6. The van der Waals surface area contributed by atoms with Crippen molar-refractivity contribution in [1.82, 2.24) is 0 Å². The first-order valence-corrected chi connectivity index (χ1v) is 20.8. The smallest absolute Gasteiger partial charge is 0.362 e. The van der Waals surface area contributed by atoms with Gasteiger partial charge in [0.25, 0.3) is 0 Å². The van der Waals surface area contributed by atoms with Gasteiger partial charge in [-0.3, -0.25) is 9.59 Å². The number of rotatable bonds is 36. The van der Waals surface area contributed by atoms with Crippen LogP contribution < -0.4 is 0 Å². The Morgan fingerprint density at radius 2 is 1.11 bits per heavy atom. The molecule has 0 aliphatic rings. The molecule has 0 aromatic rings. The minimum atomic E-state index is -0.883. The normalized spacial score (nSPS) is 13.6. The molecule has 2 unspecified atom stereocenters. The number of carbonyl (C=O) groups excluding carboxylic acids is 2. The predicted molar refractivity (Wildman–Crippen MR) is 220 cm³/mol. The summed E-state index contributed by atoms with van der Waals surface area (Å²) in [7, 11) is 5.50. The number of aliphatic carboxylic acids is 1. The highest BCUT2D eigenvalue weighted by atomic mass is 16.6. The van der Waals surface area contributed by atoms with E-state index >= 15 is 0 Å². The number of nitrogens with zero attached hydrogens (tertiary/aromatic N) is 1. The van der Waals surface area contributed by atoms with E-state index in [1.807, 2.05) is 21.1 Å². The van der Waals surface area contributed by atoms with Crippen molar-refractivity contribution in [2.75, 3.05) is 41.0 Å². The molecule has 0 aromatic carbocycles. The lowest BCUT2D eigenvalue weighted by atomic mass is 10.1. The average Bonchev–Trinajstić information content (AvgIpc) is 3.11. The number of likely N-dealkylation sites (N-methyl/N-ethyl adjacent to an activating group) is 1. The van der Waals surface area contributed by atoms with E-state index in [2.05, 4.69) is 74.6 Å². The highest BCUT2D eigenvalue weighted by molar-refractivity contribution is 5.72. The molecule has 0 aromatic heterocycles. The zero-order chi connectivity index (χ0) is 39.3. The van der Waals surface area contributed by atoms with Gasteiger partial charge in [0.2, 0.25) is 0 Å². The summed E-state index contributed by atoms with van der Waals surface area (Å²) >= 11 is 0. The molecule has 0 fully saturated rings. The summed E-state index contributed by atoms with van der Waals surface area (Å²) in [5.41, 5.74) is 0. The van der Waals surface area contributed by atoms with Crippen LogP contribution >= 0.6 is 0 Å². The molecule has 53 heavy (non-hydrogen) atoms. The number of ether oxygens (including phenoxy) is 3. The molecular formula is C45H78NO7+. The summed E-state index contributed by atoms with van der Waals surface area (Å²) < 4.78 is 17.2. The summed E-state index contributed by atoms with van der Waals surface area (Å²) in [6.45, 7) is 4.54. The quantitative estimate of drug-likeness (QED) is 0.0224. The lowest BCUT2D eigenvalue weighted by Gasteiger charge is -2.31. The van der Waals surface area contributed by atoms with Gasteiger partial charge in [0.15, 0.2) is 12.1 Å². The van der Waals surface area contributed by atoms with Crippen LogP contribution in [0.1, 0.15) is 155 Å². The first-order valence-electron chi connectivity index (χ1n) is 20.8. The summed E-state index contributed by atoms with van der Waals surface area (Å²) in [5, 5.41) is 9.60. The van der Waals surface area contributed by atoms with Crippen LogP contribution in [0.25, 0.3) is 0 Å². The van der Waals surface area contributed by atoms with Crippen LogP contribution in [0, 0.1) is 0 Å². The summed E-state index contributed by atoms with van der Waals surface area (Å²) in [4.78, 5) is 36.9. The Bertz CT molecular complexity index is 1050. The summed E-state index contributed by atoms with van der Waals surface area (Å²) in [6, 6.07) is -0.622.